The van der Waals surface area contributed by atoms with Crippen LogP contribution in [0.5, 0.6) is 0 Å². The van der Waals surface area contributed by atoms with Gasteiger partial charge in [0, 0.05) is 37.1 Å². The SMILES string of the molecule is CC1CC(C)N2NC(C(=O)NC3CNN(C45CC6CC(CC(C6)C4)C5)C3)CC2N1. The number of hydrogen-bond donors (Lipinski definition) is 4. The Hall–Kier alpha value is -0.730. The first kappa shape index (κ1) is 19.0. The van der Waals surface area contributed by atoms with Gasteiger partial charge >= 0.3 is 0 Å². The summed E-state index contributed by atoms with van der Waals surface area (Å²) in [6, 6.07) is 1.09. The van der Waals surface area contributed by atoms with Crippen molar-refractivity contribution in [3.8, 4) is 0 Å². The molecule has 4 bridgehead atoms. The van der Waals surface area contributed by atoms with Gasteiger partial charge in [0.25, 0.3) is 0 Å². The van der Waals surface area contributed by atoms with Gasteiger partial charge < -0.3 is 5.32 Å². The molecular formula is C22H38N6O. The van der Waals surface area contributed by atoms with E-state index in [4.69, 9.17) is 0 Å². The summed E-state index contributed by atoms with van der Waals surface area (Å²) >= 11 is 0. The fraction of sp³-hybridized carbons (Fsp3) is 0.955. The molecule has 0 radical (unpaired) electrons. The molecule has 7 rings (SSSR count). The zero-order valence-electron chi connectivity index (χ0n) is 18.0. The van der Waals surface area contributed by atoms with E-state index in [2.05, 4.69) is 45.4 Å². The zero-order chi connectivity index (χ0) is 19.8. The summed E-state index contributed by atoms with van der Waals surface area (Å²) in [6.45, 7) is 6.33. The third-order valence-electron chi connectivity index (χ3n) is 8.92. The maximum atomic E-state index is 13.0. The third-order valence-corrected chi connectivity index (χ3v) is 8.92. The predicted molar refractivity (Wildman–Crippen MR) is 111 cm³/mol. The minimum atomic E-state index is -0.117. The van der Waals surface area contributed by atoms with Gasteiger partial charge in [0.05, 0.1) is 12.2 Å². The van der Waals surface area contributed by atoms with Crippen molar-refractivity contribution in [3.05, 3.63) is 0 Å². The molecule has 5 unspecified atom stereocenters. The maximum Gasteiger partial charge on any atom is 0.238 e. The smallest absolute Gasteiger partial charge is 0.238 e. The highest BCUT2D eigenvalue weighted by Gasteiger charge is 2.55. The molecule has 7 aliphatic rings. The van der Waals surface area contributed by atoms with Crippen LogP contribution in [-0.4, -0.2) is 64.9 Å². The van der Waals surface area contributed by atoms with Crippen LogP contribution in [0.4, 0.5) is 0 Å². The lowest BCUT2D eigenvalue weighted by atomic mass is 9.53. The van der Waals surface area contributed by atoms with Gasteiger partial charge in [0.1, 0.15) is 6.04 Å². The lowest BCUT2D eigenvalue weighted by Gasteiger charge is -2.59. The molecule has 0 spiro atoms. The summed E-state index contributed by atoms with van der Waals surface area (Å²) in [4.78, 5) is 13.0. The van der Waals surface area contributed by atoms with Gasteiger partial charge in [-0.1, -0.05) is 0 Å². The van der Waals surface area contributed by atoms with E-state index in [1.165, 1.54) is 38.5 Å². The minimum absolute atomic E-state index is 0.117. The van der Waals surface area contributed by atoms with Crippen molar-refractivity contribution in [1.82, 2.24) is 31.5 Å². The van der Waals surface area contributed by atoms with Crippen molar-refractivity contribution in [2.45, 2.75) is 101 Å². The monoisotopic (exact) mass is 402 g/mol. The van der Waals surface area contributed by atoms with Crippen molar-refractivity contribution in [2.75, 3.05) is 13.1 Å². The van der Waals surface area contributed by atoms with Crippen LogP contribution in [0.1, 0.15) is 65.2 Å². The second kappa shape index (κ2) is 6.89. The highest BCUT2D eigenvalue weighted by molar-refractivity contribution is 5.82. The Kier molecular flexibility index (Phi) is 4.51. The number of fused-ring (bicyclic) bond motifs is 1. The number of amides is 1. The molecule has 3 heterocycles. The highest BCUT2D eigenvalue weighted by Crippen LogP contribution is 2.57. The molecule has 0 aromatic rings. The second-order valence-corrected chi connectivity index (χ2v) is 11.3. The number of nitrogens with zero attached hydrogens (tertiary/aromatic N) is 2. The first-order valence-electron chi connectivity index (χ1n) is 12.1. The molecule has 1 amide bonds. The molecule has 162 valence electrons. The van der Waals surface area contributed by atoms with Gasteiger partial charge in [-0.2, -0.15) is 0 Å². The molecule has 5 atom stereocenters. The molecule has 0 aromatic heterocycles. The van der Waals surface area contributed by atoms with Gasteiger partial charge in [0.2, 0.25) is 5.91 Å². The largest absolute Gasteiger partial charge is 0.349 e. The van der Waals surface area contributed by atoms with Crippen molar-refractivity contribution in [1.29, 1.82) is 0 Å². The van der Waals surface area contributed by atoms with Crippen LogP contribution >= 0.6 is 0 Å². The Bertz CT molecular complexity index is 634. The number of rotatable bonds is 3. The maximum absolute atomic E-state index is 13.0. The van der Waals surface area contributed by atoms with Crippen molar-refractivity contribution in [3.63, 3.8) is 0 Å². The van der Waals surface area contributed by atoms with E-state index in [1.807, 2.05) is 0 Å². The van der Waals surface area contributed by atoms with E-state index >= 15 is 0 Å². The number of hydrogen-bond acceptors (Lipinski definition) is 6. The number of nitrogens with one attached hydrogen (secondary N) is 4. The fourth-order valence-electron chi connectivity index (χ4n) is 8.15. The average molecular weight is 403 g/mol. The number of carbonyl (C=O) groups is 1. The molecule has 4 N–H and O–H groups in total. The summed E-state index contributed by atoms with van der Waals surface area (Å²) in [5.41, 5.74) is 7.55. The molecule has 3 aliphatic heterocycles. The highest BCUT2D eigenvalue weighted by atomic mass is 16.2. The standard InChI is InChI=1S/C22H38N6O/c1-13-3-14(2)28-20(24-13)7-19(26-28)21(29)25-18-11-23-27(12-18)22-8-15-4-16(9-22)6-17(5-15)10-22/h13-20,23-24,26H,3-12H2,1-2H3,(H,25,29). The lowest BCUT2D eigenvalue weighted by molar-refractivity contribution is -0.124. The Morgan fingerprint density at radius 3 is 2.38 bits per heavy atom. The summed E-state index contributed by atoms with van der Waals surface area (Å²) < 4.78 is 0. The van der Waals surface area contributed by atoms with Crippen LogP contribution in [-0.2, 0) is 4.79 Å². The van der Waals surface area contributed by atoms with E-state index in [0.717, 1.165) is 43.7 Å². The molecule has 7 nitrogen and oxygen atoms in total. The van der Waals surface area contributed by atoms with Crippen LogP contribution in [0.3, 0.4) is 0 Å². The van der Waals surface area contributed by atoms with Crippen molar-refractivity contribution < 1.29 is 4.79 Å². The lowest BCUT2D eigenvalue weighted by Crippen LogP contribution is -2.62. The molecule has 0 aromatic carbocycles. The Balaban J connectivity index is 1.06. The average Bonchev–Trinajstić information content (AvgIpc) is 3.28. The Morgan fingerprint density at radius 2 is 1.69 bits per heavy atom. The van der Waals surface area contributed by atoms with Gasteiger partial charge in [-0.15, -0.1) is 0 Å². The Morgan fingerprint density at radius 1 is 1.00 bits per heavy atom. The zero-order valence-corrected chi connectivity index (χ0v) is 18.0. The summed E-state index contributed by atoms with van der Waals surface area (Å²) in [5, 5.41) is 11.8. The van der Waals surface area contributed by atoms with Crippen LogP contribution in [0, 0.1) is 17.8 Å². The summed E-state index contributed by atoms with van der Waals surface area (Å²) in [7, 11) is 0. The molecule has 3 saturated heterocycles. The van der Waals surface area contributed by atoms with E-state index in [-0.39, 0.29) is 24.2 Å². The molecule has 7 heteroatoms. The fourth-order valence-corrected chi connectivity index (χ4v) is 8.15. The second-order valence-electron chi connectivity index (χ2n) is 11.3. The van der Waals surface area contributed by atoms with Gasteiger partial charge in [-0.05, 0) is 76.5 Å². The van der Waals surface area contributed by atoms with Gasteiger partial charge in [0.15, 0.2) is 0 Å². The van der Waals surface area contributed by atoms with Gasteiger partial charge in [-0.3, -0.25) is 15.5 Å². The quantitative estimate of drug-likeness (QED) is 0.563. The van der Waals surface area contributed by atoms with E-state index in [1.54, 1.807) is 0 Å². The molecule has 4 saturated carbocycles. The van der Waals surface area contributed by atoms with Crippen molar-refractivity contribution in [2.24, 2.45) is 17.8 Å². The first-order chi connectivity index (χ1) is 14.0. The number of carbonyl (C=O) groups excluding carboxylic acids is 1. The summed E-state index contributed by atoms with van der Waals surface area (Å²) in [6.07, 6.45) is 10.8. The normalized spacial score (nSPS) is 52.1. The van der Waals surface area contributed by atoms with Gasteiger partial charge in [-0.25, -0.2) is 15.4 Å². The van der Waals surface area contributed by atoms with Crippen LogP contribution in [0.25, 0.3) is 0 Å². The van der Waals surface area contributed by atoms with E-state index < -0.39 is 0 Å². The number of hydrazine groups is 2. The van der Waals surface area contributed by atoms with Crippen LogP contribution in [0.15, 0.2) is 0 Å². The Labute approximate surface area is 174 Å². The molecule has 29 heavy (non-hydrogen) atoms. The minimum Gasteiger partial charge on any atom is -0.349 e. The van der Waals surface area contributed by atoms with Crippen molar-refractivity contribution >= 4 is 5.91 Å². The molecule has 4 aliphatic carbocycles. The first-order valence-corrected chi connectivity index (χ1v) is 12.1. The molecular weight excluding hydrogens is 364 g/mol. The topological polar surface area (TPSA) is 71.7 Å². The predicted octanol–water partition coefficient (Wildman–Crippen LogP) is 0.936. The summed E-state index contributed by atoms with van der Waals surface area (Å²) in [5.74, 6) is 3.02. The molecule has 7 fully saturated rings. The third kappa shape index (κ3) is 3.24. The van der Waals surface area contributed by atoms with E-state index in [0.29, 0.717) is 17.6 Å². The van der Waals surface area contributed by atoms with Crippen LogP contribution < -0.4 is 21.5 Å². The van der Waals surface area contributed by atoms with E-state index in [9.17, 15) is 4.79 Å². The van der Waals surface area contributed by atoms with Crippen LogP contribution in [0.2, 0.25) is 0 Å².